The summed E-state index contributed by atoms with van der Waals surface area (Å²) >= 11 is 0. The molecule has 0 amide bonds. The summed E-state index contributed by atoms with van der Waals surface area (Å²) in [7, 11) is 2.12. The minimum Gasteiger partial charge on any atom is -0.477 e. The highest BCUT2D eigenvalue weighted by atomic mass is 16.4. The highest BCUT2D eigenvalue weighted by Crippen LogP contribution is 2.21. The second-order valence-electron chi connectivity index (χ2n) is 6.37. The lowest BCUT2D eigenvalue weighted by Gasteiger charge is -2.35. The maximum absolute atomic E-state index is 12.0. The van der Waals surface area contributed by atoms with Gasteiger partial charge in [0, 0.05) is 31.9 Å². The third-order valence-electron chi connectivity index (χ3n) is 4.82. The van der Waals surface area contributed by atoms with Crippen molar-refractivity contribution in [3.63, 3.8) is 0 Å². The number of nitrogens with one attached hydrogen (secondary N) is 1. The van der Waals surface area contributed by atoms with Gasteiger partial charge in [-0.05, 0) is 42.8 Å². The molecule has 0 unspecified atom stereocenters. The molecule has 24 heavy (non-hydrogen) atoms. The smallest absolute Gasteiger partial charge is 0.341 e. The van der Waals surface area contributed by atoms with E-state index in [1.807, 2.05) is 12.2 Å². The lowest BCUT2D eigenvalue weighted by Crippen LogP contribution is -2.44. The fraction of sp³-hybridized carbons (Fsp3) is 0.444. The van der Waals surface area contributed by atoms with E-state index >= 15 is 0 Å². The summed E-state index contributed by atoms with van der Waals surface area (Å²) in [5, 5.41) is 10.6. The fourth-order valence-electron chi connectivity index (χ4n) is 3.27. The zero-order chi connectivity index (χ0) is 17.3. The number of rotatable bonds is 3. The van der Waals surface area contributed by atoms with Gasteiger partial charge in [-0.1, -0.05) is 13.0 Å². The van der Waals surface area contributed by atoms with Crippen molar-refractivity contribution in [3.8, 4) is 0 Å². The second kappa shape index (κ2) is 6.65. The van der Waals surface area contributed by atoms with Gasteiger partial charge in [0.05, 0.1) is 5.35 Å². The Labute approximate surface area is 140 Å². The van der Waals surface area contributed by atoms with Gasteiger partial charge in [-0.2, -0.15) is 0 Å². The first-order valence-corrected chi connectivity index (χ1v) is 8.33. The molecule has 0 bridgehead atoms. The highest BCUT2D eigenvalue weighted by molar-refractivity contribution is 5.87. The average Bonchev–Trinajstić information content (AvgIpc) is 2.73. The Bertz CT molecular complexity index is 858. The van der Waals surface area contributed by atoms with Gasteiger partial charge >= 0.3 is 5.97 Å². The third-order valence-corrected chi connectivity index (χ3v) is 4.82. The Morgan fingerprint density at radius 3 is 2.62 bits per heavy atom. The van der Waals surface area contributed by atoms with E-state index in [1.54, 1.807) is 0 Å². The molecule has 1 saturated heterocycles. The molecule has 0 radical (unpaired) electrons. The molecular weight excluding hydrogens is 306 g/mol. The van der Waals surface area contributed by atoms with Crippen LogP contribution in [0.5, 0.6) is 0 Å². The van der Waals surface area contributed by atoms with E-state index < -0.39 is 11.5 Å². The normalized spacial score (nSPS) is 18.5. The van der Waals surface area contributed by atoms with Crippen LogP contribution in [-0.2, 0) is 0 Å². The number of aromatic amines is 1. The monoisotopic (exact) mass is 329 g/mol. The van der Waals surface area contributed by atoms with Crippen molar-refractivity contribution in [1.29, 1.82) is 0 Å². The number of allylic oxidation sites excluding steroid dienone is 2. The van der Waals surface area contributed by atoms with Gasteiger partial charge in [0.2, 0.25) is 0 Å². The van der Waals surface area contributed by atoms with Crippen LogP contribution in [0.3, 0.4) is 0 Å². The summed E-state index contributed by atoms with van der Waals surface area (Å²) in [6.45, 7) is 6.07. The highest BCUT2D eigenvalue weighted by Gasteiger charge is 2.19. The summed E-state index contributed by atoms with van der Waals surface area (Å²) in [6.07, 6.45) is 5.72. The minimum atomic E-state index is -1.19. The van der Waals surface area contributed by atoms with Gasteiger partial charge in [-0.25, -0.2) is 4.79 Å². The molecule has 6 heteroatoms. The summed E-state index contributed by atoms with van der Waals surface area (Å²) in [6, 6.07) is 1.48. The number of hydrogen-bond donors (Lipinski definition) is 2. The average molecular weight is 329 g/mol. The zero-order valence-electron chi connectivity index (χ0n) is 14.1. The number of carbonyl (C=O) groups is 1. The Balaban J connectivity index is 2.10. The van der Waals surface area contributed by atoms with Crippen molar-refractivity contribution < 1.29 is 9.90 Å². The summed E-state index contributed by atoms with van der Waals surface area (Å²) in [4.78, 5) is 30.6. The van der Waals surface area contributed by atoms with Gasteiger partial charge in [0.1, 0.15) is 5.56 Å². The van der Waals surface area contributed by atoms with Crippen molar-refractivity contribution in [1.82, 2.24) is 14.8 Å². The van der Waals surface area contributed by atoms with Gasteiger partial charge in [-0.15, -0.1) is 0 Å². The number of nitrogens with zero attached hydrogens (tertiary/aromatic N) is 2. The Morgan fingerprint density at radius 1 is 1.29 bits per heavy atom. The summed E-state index contributed by atoms with van der Waals surface area (Å²) in [5.41, 5.74) is 1.72. The van der Waals surface area contributed by atoms with E-state index in [0.717, 1.165) is 44.2 Å². The molecule has 1 aromatic rings. The maximum Gasteiger partial charge on any atom is 0.341 e. The van der Waals surface area contributed by atoms with Gasteiger partial charge < -0.3 is 19.9 Å². The van der Waals surface area contributed by atoms with Crippen LogP contribution in [0.25, 0.3) is 12.2 Å². The molecule has 2 aliphatic rings. The molecule has 1 aromatic heterocycles. The molecule has 2 N–H and O–H groups in total. The second-order valence-corrected chi connectivity index (χ2v) is 6.37. The molecule has 6 nitrogen and oxygen atoms in total. The van der Waals surface area contributed by atoms with Crippen LogP contribution in [0.15, 0.2) is 22.1 Å². The molecule has 1 aliphatic heterocycles. The van der Waals surface area contributed by atoms with Crippen LogP contribution < -0.4 is 16.1 Å². The van der Waals surface area contributed by atoms with Gasteiger partial charge in [0.15, 0.2) is 0 Å². The van der Waals surface area contributed by atoms with Crippen LogP contribution >= 0.6 is 0 Å². The molecule has 1 fully saturated rings. The Kier molecular flexibility index (Phi) is 4.57. The van der Waals surface area contributed by atoms with Crippen molar-refractivity contribution >= 4 is 18.1 Å². The molecule has 1 aliphatic carbocycles. The Hall–Kier alpha value is -2.34. The number of H-pyrrole nitrogens is 1. The first kappa shape index (κ1) is 16.5. The predicted octanol–water partition coefficient (Wildman–Crippen LogP) is -0.0507. The number of aromatic nitrogens is 1. The van der Waals surface area contributed by atoms with Gasteiger partial charge in [0.25, 0.3) is 5.56 Å². The fourth-order valence-corrected chi connectivity index (χ4v) is 3.27. The molecule has 3 rings (SSSR count). The molecule has 0 spiro atoms. The standard InChI is InChI=1S/C18H23N3O3/c1-3-12-4-5-13-10-14(18(23)24)17(22)19-15(13)11-16(12)21-8-6-20(2)7-9-21/h5,10-11H,3-4,6-9H2,1-2H3,(H,19,22)(H,23,24). The number of piperazine rings is 1. The first-order chi connectivity index (χ1) is 11.5. The lowest BCUT2D eigenvalue weighted by molar-refractivity contribution is 0.0694. The van der Waals surface area contributed by atoms with Crippen LogP contribution in [-0.4, -0.2) is 59.1 Å². The molecule has 0 saturated carbocycles. The van der Waals surface area contributed by atoms with E-state index in [9.17, 15) is 9.59 Å². The van der Waals surface area contributed by atoms with Crippen molar-refractivity contribution in [2.24, 2.45) is 0 Å². The first-order valence-electron chi connectivity index (χ1n) is 8.33. The molecule has 0 aromatic carbocycles. The van der Waals surface area contributed by atoms with Crippen LogP contribution in [0.1, 0.15) is 30.1 Å². The SMILES string of the molecule is CCC1=C(N2CCN(C)CC2)C=c2[nH]c(=O)c(C(=O)O)cc2=CC1. The van der Waals surface area contributed by atoms with Crippen molar-refractivity contribution in [2.75, 3.05) is 33.2 Å². The van der Waals surface area contributed by atoms with E-state index in [4.69, 9.17) is 5.11 Å². The number of aromatic carboxylic acids is 1. The number of likely N-dealkylation sites (N-methyl/N-ethyl adjacent to an activating group) is 1. The number of pyridine rings is 1. The quantitative estimate of drug-likeness (QED) is 0.813. The van der Waals surface area contributed by atoms with Crippen molar-refractivity contribution in [2.45, 2.75) is 19.8 Å². The van der Waals surface area contributed by atoms with E-state index in [0.29, 0.717) is 5.35 Å². The topological polar surface area (TPSA) is 76.6 Å². The van der Waals surface area contributed by atoms with E-state index in [-0.39, 0.29) is 5.56 Å². The van der Waals surface area contributed by atoms with Crippen LogP contribution in [0.4, 0.5) is 0 Å². The molecular formula is C18H23N3O3. The van der Waals surface area contributed by atoms with Gasteiger partial charge in [-0.3, -0.25) is 4.79 Å². The molecule has 128 valence electrons. The Morgan fingerprint density at radius 2 is 2.00 bits per heavy atom. The van der Waals surface area contributed by atoms with Crippen molar-refractivity contribution in [3.05, 3.63) is 43.8 Å². The molecule has 2 heterocycles. The summed E-state index contributed by atoms with van der Waals surface area (Å²) in [5.74, 6) is -1.19. The minimum absolute atomic E-state index is 0.209. The van der Waals surface area contributed by atoms with Crippen LogP contribution in [0, 0.1) is 0 Å². The number of carboxylic acid groups (broad SMARTS) is 1. The van der Waals surface area contributed by atoms with E-state index in [2.05, 4.69) is 28.8 Å². The van der Waals surface area contributed by atoms with Crippen LogP contribution in [0.2, 0.25) is 0 Å². The third kappa shape index (κ3) is 3.14. The largest absolute Gasteiger partial charge is 0.477 e. The number of carboxylic acids is 1. The summed E-state index contributed by atoms with van der Waals surface area (Å²) < 4.78 is 0. The predicted molar refractivity (Wildman–Crippen MR) is 93.2 cm³/mol. The maximum atomic E-state index is 12.0. The molecule has 0 atom stereocenters. The number of hydrogen-bond acceptors (Lipinski definition) is 4. The van der Waals surface area contributed by atoms with E-state index in [1.165, 1.54) is 17.3 Å². The lowest BCUT2D eigenvalue weighted by atomic mass is 10.1. The number of fused-ring (bicyclic) bond motifs is 1. The zero-order valence-corrected chi connectivity index (χ0v) is 14.1.